The Bertz CT molecular complexity index is 2380. The Hall–Kier alpha value is -5.44. The van der Waals surface area contributed by atoms with Crippen LogP contribution >= 0.6 is 0 Å². The zero-order valence-electron chi connectivity index (χ0n) is 39.8. The average molecular weight is 854 g/mol. The van der Waals surface area contributed by atoms with E-state index in [0.717, 1.165) is 101 Å². The lowest BCUT2D eigenvalue weighted by Crippen LogP contribution is -2.27. The minimum Gasteiger partial charge on any atom is -0.507 e. The highest BCUT2D eigenvalue weighted by molar-refractivity contribution is 5.88. The van der Waals surface area contributed by atoms with Crippen LogP contribution in [0, 0.1) is 6.92 Å². The number of rotatable bonds is 15. The second-order valence-corrected chi connectivity index (χ2v) is 20.4. The van der Waals surface area contributed by atoms with E-state index in [4.69, 9.17) is 19.5 Å². The number of hydrogen-bond donors (Lipinski definition) is 2. The minimum atomic E-state index is -0.322. The van der Waals surface area contributed by atoms with E-state index in [-0.39, 0.29) is 34.1 Å². The first-order valence-corrected chi connectivity index (χ1v) is 23.0. The number of nitrogens with zero attached hydrogens (tertiary/aromatic N) is 5. The summed E-state index contributed by atoms with van der Waals surface area (Å²) in [6.07, 6.45) is 12.2. The minimum absolute atomic E-state index is 0.0356. The molecule has 2 atom stereocenters. The molecule has 4 aromatic carbocycles. The largest absolute Gasteiger partial charge is 0.507 e. The fraction of sp³-hybridized carbons (Fsp3) is 0.481. The van der Waals surface area contributed by atoms with E-state index in [1.807, 2.05) is 53.6 Å². The molecule has 1 aromatic heterocycles. The molecule has 0 aliphatic heterocycles. The van der Waals surface area contributed by atoms with Crippen molar-refractivity contribution in [1.82, 2.24) is 15.0 Å². The van der Waals surface area contributed by atoms with Gasteiger partial charge in [0.1, 0.15) is 35.3 Å². The number of aliphatic imine (C=N–C) groups is 2. The highest BCUT2D eigenvalue weighted by atomic mass is 16.5. The van der Waals surface area contributed by atoms with Crippen LogP contribution in [0.3, 0.4) is 0 Å². The molecule has 5 aromatic rings. The molecule has 1 aliphatic carbocycles. The summed E-state index contributed by atoms with van der Waals surface area (Å²) in [6.45, 7) is 25.4. The van der Waals surface area contributed by atoms with Crippen molar-refractivity contribution in [1.29, 1.82) is 0 Å². The van der Waals surface area contributed by atoms with Gasteiger partial charge in [-0.15, -0.1) is 5.10 Å². The molecule has 9 heteroatoms. The predicted molar refractivity (Wildman–Crippen MR) is 259 cm³/mol. The number of aryl methyl sites for hydroxylation is 3. The van der Waals surface area contributed by atoms with E-state index in [0.29, 0.717) is 31.1 Å². The van der Waals surface area contributed by atoms with Gasteiger partial charge in [0.05, 0.1) is 24.9 Å². The molecular weight excluding hydrogens is 783 g/mol. The molecular formula is C54H71N5O4. The van der Waals surface area contributed by atoms with Crippen LogP contribution in [0.5, 0.6) is 23.0 Å². The molecule has 6 rings (SSSR count). The van der Waals surface area contributed by atoms with Gasteiger partial charge in [-0.3, -0.25) is 14.7 Å². The van der Waals surface area contributed by atoms with Crippen molar-refractivity contribution in [2.24, 2.45) is 9.98 Å². The van der Waals surface area contributed by atoms with Gasteiger partial charge in [0, 0.05) is 46.8 Å². The van der Waals surface area contributed by atoms with Crippen LogP contribution in [-0.4, -0.2) is 56.3 Å². The Morgan fingerprint density at radius 1 is 0.746 bits per heavy atom. The van der Waals surface area contributed by atoms with E-state index in [1.165, 1.54) is 5.56 Å². The van der Waals surface area contributed by atoms with E-state index < -0.39 is 0 Å². The highest BCUT2D eigenvalue weighted by Gasteiger charge is 2.27. The Kier molecular flexibility index (Phi) is 14.9. The Labute approximate surface area is 376 Å². The molecule has 336 valence electrons. The maximum absolute atomic E-state index is 11.6. The zero-order valence-corrected chi connectivity index (χ0v) is 39.8. The van der Waals surface area contributed by atoms with Crippen LogP contribution in [0.1, 0.15) is 152 Å². The summed E-state index contributed by atoms with van der Waals surface area (Å²) in [4.78, 5) is 10.2. The number of ether oxygens (including phenoxy) is 2. The Balaban J connectivity index is 1.12. The number of benzene rings is 4. The van der Waals surface area contributed by atoms with Crippen LogP contribution in [0.15, 0.2) is 82.9 Å². The van der Waals surface area contributed by atoms with Crippen molar-refractivity contribution in [3.8, 4) is 34.3 Å². The lowest BCUT2D eigenvalue weighted by atomic mass is 9.79. The third-order valence-electron chi connectivity index (χ3n) is 12.1. The first-order valence-electron chi connectivity index (χ1n) is 23.0. The SMILES string of the molecule is CCc1cc(OCc2ccccc2)cc(C)c1OCCCCn1cc(-c2cc(C=N[C@H]3CCCC[C@@H]3N=Cc3cc(C(C)(C)C)cc(C(C)(C)C)c3O)c(O)c(C(C)(C)C)c2)nn1. The molecule has 0 amide bonds. The number of aromatic nitrogens is 3. The molecule has 1 aliphatic rings. The Morgan fingerprint density at radius 3 is 1.97 bits per heavy atom. The van der Waals surface area contributed by atoms with Crippen LogP contribution < -0.4 is 9.47 Å². The van der Waals surface area contributed by atoms with Crippen molar-refractivity contribution < 1.29 is 19.7 Å². The van der Waals surface area contributed by atoms with E-state index in [1.54, 1.807) is 0 Å². The number of unbranched alkanes of at least 4 members (excludes halogenated alkanes) is 1. The van der Waals surface area contributed by atoms with Gasteiger partial charge in [0.25, 0.3) is 0 Å². The van der Waals surface area contributed by atoms with Gasteiger partial charge in [0.15, 0.2) is 0 Å². The van der Waals surface area contributed by atoms with Gasteiger partial charge in [-0.1, -0.05) is 124 Å². The summed E-state index contributed by atoms with van der Waals surface area (Å²) in [7, 11) is 0. The quantitative estimate of drug-likeness (QED) is 0.0801. The van der Waals surface area contributed by atoms with Crippen LogP contribution in [-0.2, 0) is 35.8 Å². The maximum atomic E-state index is 11.6. The van der Waals surface area contributed by atoms with Crippen molar-refractivity contribution in [3.63, 3.8) is 0 Å². The van der Waals surface area contributed by atoms with Gasteiger partial charge < -0.3 is 19.7 Å². The first-order chi connectivity index (χ1) is 29.8. The summed E-state index contributed by atoms with van der Waals surface area (Å²) < 4.78 is 14.3. The normalized spacial score (nSPS) is 16.3. The molecule has 0 unspecified atom stereocenters. The van der Waals surface area contributed by atoms with Crippen molar-refractivity contribution in [3.05, 3.63) is 117 Å². The van der Waals surface area contributed by atoms with Gasteiger partial charge in [-0.05, 0) is 108 Å². The monoisotopic (exact) mass is 854 g/mol. The summed E-state index contributed by atoms with van der Waals surface area (Å²) in [5, 5.41) is 32.1. The molecule has 9 nitrogen and oxygen atoms in total. The van der Waals surface area contributed by atoms with Crippen molar-refractivity contribution in [2.75, 3.05) is 6.61 Å². The first kappa shape index (κ1) is 47.0. The molecule has 0 radical (unpaired) electrons. The van der Waals surface area contributed by atoms with Gasteiger partial charge in [-0.25, -0.2) is 0 Å². The maximum Gasteiger partial charge on any atom is 0.128 e. The standard InChI is InChI=1S/C54H71N5O4/c1-12-38-29-43(63-35-37-20-14-13-15-21-37)26-36(2)51(38)62-25-19-18-24-59-34-48(57-58-59)39-27-40(49(60)44(30-39)53(6,7)8)32-55-46-22-16-17-23-47(46)56-33-41-28-42(52(3,4)5)31-45(50(41)61)54(9,10)11/h13-15,20-21,26-34,46-47,60-61H,12,16-19,22-25,35H2,1-11H3/t46-,47-/m0/s1. The van der Waals surface area contributed by atoms with Crippen LogP contribution in [0.2, 0.25) is 0 Å². The summed E-state index contributed by atoms with van der Waals surface area (Å²) >= 11 is 0. The number of aromatic hydroxyl groups is 2. The third kappa shape index (κ3) is 12.2. The lowest BCUT2D eigenvalue weighted by Gasteiger charge is -2.28. The van der Waals surface area contributed by atoms with E-state index in [2.05, 4.69) is 123 Å². The van der Waals surface area contributed by atoms with Gasteiger partial charge in [0.2, 0.25) is 0 Å². The lowest BCUT2D eigenvalue weighted by molar-refractivity contribution is 0.291. The molecule has 2 N–H and O–H groups in total. The summed E-state index contributed by atoms with van der Waals surface area (Å²) in [6, 6.07) is 22.5. The molecule has 0 bridgehead atoms. The highest BCUT2D eigenvalue weighted by Crippen LogP contribution is 2.39. The van der Waals surface area contributed by atoms with Gasteiger partial charge >= 0.3 is 0 Å². The summed E-state index contributed by atoms with van der Waals surface area (Å²) in [5.41, 5.74) is 8.70. The van der Waals surface area contributed by atoms with Crippen molar-refractivity contribution in [2.45, 2.75) is 163 Å². The third-order valence-corrected chi connectivity index (χ3v) is 12.1. The average Bonchev–Trinajstić information content (AvgIpc) is 3.71. The zero-order chi connectivity index (χ0) is 45.5. The molecule has 1 fully saturated rings. The molecule has 1 heterocycles. The number of hydrogen-bond acceptors (Lipinski definition) is 8. The second kappa shape index (κ2) is 19.9. The molecule has 63 heavy (non-hydrogen) atoms. The fourth-order valence-electron chi connectivity index (χ4n) is 8.22. The number of phenolic OH excluding ortho intramolecular Hbond substituents is 2. The Morgan fingerprint density at radius 2 is 1.37 bits per heavy atom. The topological polar surface area (TPSA) is 114 Å². The molecule has 1 saturated carbocycles. The van der Waals surface area contributed by atoms with Crippen LogP contribution in [0.4, 0.5) is 0 Å². The molecule has 0 spiro atoms. The van der Waals surface area contributed by atoms with E-state index in [9.17, 15) is 10.2 Å². The smallest absolute Gasteiger partial charge is 0.128 e. The predicted octanol–water partition coefficient (Wildman–Crippen LogP) is 12.4. The van der Waals surface area contributed by atoms with Crippen LogP contribution in [0.25, 0.3) is 11.3 Å². The number of phenols is 2. The van der Waals surface area contributed by atoms with E-state index >= 15 is 0 Å². The van der Waals surface area contributed by atoms with Gasteiger partial charge in [-0.2, -0.15) is 0 Å². The van der Waals surface area contributed by atoms with Crippen molar-refractivity contribution >= 4 is 12.4 Å². The molecule has 0 saturated heterocycles. The summed E-state index contributed by atoms with van der Waals surface area (Å²) in [5.74, 6) is 2.32. The second-order valence-electron chi connectivity index (χ2n) is 20.4. The fourth-order valence-corrected chi connectivity index (χ4v) is 8.22.